The van der Waals surface area contributed by atoms with E-state index in [2.05, 4.69) is 280 Å². The summed E-state index contributed by atoms with van der Waals surface area (Å²) in [6.07, 6.45) is 0. The number of nitrogens with zero attached hydrogens (tertiary/aromatic N) is 1. The Morgan fingerprint density at radius 1 is 0.306 bits per heavy atom. The Hall–Kier alpha value is -8.56. The summed E-state index contributed by atoms with van der Waals surface area (Å²) in [5.74, 6) is 0. The van der Waals surface area contributed by atoms with E-state index in [4.69, 9.17) is 0 Å². The quantitative estimate of drug-likeness (QED) is 0.147. The fraction of sp³-hybridized carbons (Fsp3) is 0.0571. The second-order valence-electron chi connectivity index (χ2n) is 20.0. The molecule has 0 radical (unpaired) electrons. The zero-order valence-corrected chi connectivity index (χ0v) is 41.0. The topological polar surface area (TPSA) is 3.24 Å². The van der Waals surface area contributed by atoms with Gasteiger partial charge in [0.1, 0.15) is 0 Å². The van der Waals surface area contributed by atoms with Crippen molar-refractivity contribution < 1.29 is 0 Å². The first-order chi connectivity index (χ1) is 35.4. The lowest BCUT2D eigenvalue weighted by atomic mass is 9.67. The lowest BCUT2D eigenvalue weighted by Crippen LogP contribution is -2.28. The van der Waals surface area contributed by atoms with Crippen molar-refractivity contribution in [2.24, 2.45) is 0 Å². The Labute approximate surface area is 425 Å². The Bertz CT molecular complexity index is 4010. The minimum absolute atomic E-state index is 0.127. The van der Waals surface area contributed by atoms with Crippen LogP contribution in [-0.4, -0.2) is 0 Å². The van der Waals surface area contributed by atoms with Gasteiger partial charge in [-0.25, -0.2) is 0 Å². The lowest BCUT2D eigenvalue weighted by molar-refractivity contribution is 0.660. The molecule has 2 aliphatic rings. The van der Waals surface area contributed by atoms with Crippen molar-refractivity contribution in [1.82, 2.24) is 0 Å². The summed E-state index contributed by atoms with van der Waals surface area (Å²) in [6, 6.07) is 97.1. The molecule has 0 atom stereocenters. The smallest absolute Gasteiger partial charge is 0.0713 e. The van der Waals surface area contributed by atoms with Crippen LogP contribution in [-0.2, 0) is 10.8 Å². The van der Waals surface area contributed by atoms with Crippen LogP contribution in [0.5, 0.6) is 0 Å². The van der Waals surface area contributed by atoms with E-state index >= 15 is 0 Å². The molecule has 0 saturated carbocycles. The van der Waals surface area contributed by atoms with Crippen molar-refractivity contribution in [1.29, 1.82) is 0 Å². The van der Waals surface area contributed by atoms with Crippen LogP contribution in [0.15, 0.2) is 261 Å². The molecule has 11 aromatic carbocycles. The van der Waals surface area contributed by atoms with E-state index in [9.17, 15) is 0 Å². The molecule has 1 aromatic heterocycles. The SMILES string of the molecule is CC1(C)c2ccccc2-c2ccc(N(c3ccc(-c4cccc5sc6ccccc6c45)cc3)c3cccc(-c4ccc(-c5ccc6c(c5)-c5ccccc5C6(c5ccccc5)c5ccccc5)cc4)c3)cc21. The van der Waals surface area contributed by atoms with Gasteiger partial charge in [0.15, 0.2) is 0 Å². The average Bonchev–Trinajstić information content (AvgIpc) is 4.05. The van der Waals surface area contributed by atoms with Crippen LogP contribution in [0.25, 0.3) is 75.8 Å². The van der Waals surface area contributed by atoms with Crippen molar-refractivity contribution in [3.05, 3.63) is 294 Å². The van der Waals surface area contributed by atoms with Crippen molar-refractivity contribution in [2.45, 2.75) is 24.7 Å². The van der Waals surface area contributed by atoms with E-state index in [1.54, 1.807) is 0 Å². The Morgan fingerprint density at radius 2 is 0.819 bits per heavy atom. The van der Waals surface area contributed by atoms with Gasteiger partial charge in [-0.15, -0.1) is 11.3 Å². The third-order valence-corrected chi connectivity index (χ3v) is 16.9. The van der Waals surface area contributed by atoms with Gasteiger partial charge in [0.2, 0.25) is 0 Å². The van der Waals surface area contributed by atoms with E-state index in [1.165, 1.54) is 109 Å². The molecule has 0 aliphatic heterocycles. The summed E-state index contributed by atoms with van der Waals surface area (Å²) in [6.45, 7) is 4.73. The van der Waals surface area contributed by atoms with Crippen molar-refractivity contribution in [3.8, 4) is 55.6 Å². The number of anilines is 3. The van der Waals surface area contributed by atoms with E-state index in [-0.39, 0.29) is 5.41 Å². The minimum atomic E-state index is -0.410. The predicted molar refractivity (Wildman–Crippen MR) is 305 cm³/mol. The first kappa shape index (κ1) is 42.3. The molecule has 1 nitrogen and oxygen atoms in total. The zero-order valence-electron chi connectivity index (χ0n) is 40.2. The number of hydrogen-bond acceptors (Lipinski definition) is 2. The third-order valence-electron chi connectivity index (χ3n) is 15.8. The maximum absolute atomic E-state index is 2.44. The summed E-state index contributed by atoms with van der Waals surface area (Å²) in [4.78, 5) is 2.44. The second kappa shape index (κ2) is 16.5. The van der Waals surface area contributed by atoms with Gasteiger partial charge in [0, 0.05) is 42.6 Å². The predicted octanol–water partition coefficient (Wildman–Crippen LogP) is 19.2. The van der Waals surface area contributed by atoms with Crippen LogP contribution in [0, 0.1) is 0 Å². The number of fused-ring (bicyclic) bond motifs is 9. The lowest BCUT2D eigenvalue weighted by Gasteiger charge is -2.33. The van der Waals surface area contributed by atoms with Crippen molar-refractivity contribution in [2.75, 3.05) is 4.90 Å². The van der Waals surface area contributed by atoms with Gasteiger partial charge in [-0.2, -0.15) is 0 Å². The Balaban J connectivity index is 0.844. The molecule has 0 fully saturated rings. The molecule has 2 heteroatoms. The highest BCUT2D eigenvalue weighted by Crippen LogP contribution is 2.57. The normalized spacial score (nSPS) is 13.6. The summed E-state index contributed by atoms with van der Waals surface area (Å²) in [5, 5.41) is 2.65. The molecule has 340 valence electrons. The van der Waals surface area contributed by atoms with Crippen LogP contribution < -0.4 is 4.90 Å². The molecule has 0 saturated heterocycles. The third kappa shape index (κ3) is 6.46. The standard InChI is InChI=1S/C70H49NS/c1-69(2)62-27-12-9-23-57(62)59-41-40-55(45-65(59)69)71(53-38-35-48(36-39-53)56-26-16-30-67-68(56)60-25-11-14-29-66(60)72-67)54-22-15-17-49(43-54)46-31-33-47(34-32-46)50-37-42-64-61(44-50)58-24-10-13-28-63(58)70(64,51-18-5-3-6-19-51)52-20-7-4-8-21-52/h3-45H,1-2H3. The van der Waals surface area contributed by atoms with E-state index < -0.39 is 5.41 Å². The molecule has 72 heavy (non-hydrogen) atoms. The van der Waals surface area contributed by atoms with Crippen LogP contribution in [0.3, 0.4) is 0 Å². The number of benzene rings is 11. The molecule has 0 amide bonds. The van der Waals surface area contributed by atoms with E-state index in [1.807, 2.05) is 11.3 Å². The molecule has 2 aliphatic carbocycles. The van der Waals surface area contributed by atoms with Crippen LogP contribution >= 0.6 is 11.3 Å². The highest BCUT2D eigenvalue weighted by atomic mass is 32.1. The van der Waals surface area contributed by atoms with Gasteiger partial charge in [-0.3, -0.25) is 0 Å². The molecule has 1 heterocycles. The van der Waals surface area contributed by atoms with E-state index in [0.29, 0.717) is 0 Å². The Kier molecular flexibility index (Phi) is 9.71. The fourth-order valence-electron chi connectivity index (χ4n) is 12.4. The van der Waals surface area contributed by atoms with Gasteiger partial charge in [-0.1, -0.05) is 220 Å². The zero-order chi connectivity index (χ0) is 48.0. The van der Waals surface area contributed by atoms with Crippen LogP contribution in [0.4, 0.5) is 17.1 Å². The van der Waals surface area contributed by atoms with E-state index in [0.717, 1.165) is 17.1 Å². The molecule has 0 spiro atoms. The average molecular weight is 936 g/mol. The van der Waals surface area contributed by atoms with Gasteiger partial charge in [0.25, 0.3) is 0 Å². The molecular formula is C70H49NS. The number of thiophene rings is 1. The fourth-order valence-corrected chi connectivity index (χ4v) is 13.5. The van der Waals surface area contributed by atoms with Crippen molar-refractivity contribution >= 4 is 48.6 Å². The summed E-state index contributed by atoms with van der Waals surface area (Å²) in [5.41, 5.74) is 23.2. The Morgan fingerprint density at radius 3 is 1.56 bits per heavy atom. The maximum Gasteiger partial charge on any atom is 0.0713 e. The first-order valence-corrected chi connectivity index (χ1v) is 25.9. The molecule has 0 bridgehead atoms. The molecule has 0 unspecified atom stereocenters. The molecule has 12 aromatic rings. The second-order valence-corrected chi connectivity index (χ2v) is 21.1. The van der Waals surface area contributed by atoms with Gasteiger partial charge < -0.3 is 4.90 Å². The largest absolute Gasteiger partial charge is 0.310 e. The first-order valence-electron chi connectivity index (χ1n) is 25.1. The summed E-state index contributed by atoms with van der Waals surface area (Å²) in [7, 11) is 0. The highest BCUT2D eigenvalue weighted by Gasteiger charge is 2.46. The maximum atomic E-state index is 2.44. The summed E-state index contributed by atoms with van der Waals surface area (Å²) < 4.78 is 2.64. The minimum Gasteiger partial charge on any atom is -0.310 e. The van der Waals surface area contributed by atoms with Gasteiger partial charge in [0.05, 0.1) is 5.41 Å². The van der Waals surface area contributed by atoms with Crippen LogP contribution in [0.2, 0.25) is 0 Å². The number of hydrogen-bond donors (Lipinski definition) is 0. The molecule has 0 N–H and O–H groups in total. The highest BCUT2D eigenvalue weighted by molar-refractivity contribution is 7.25. The summed E-state index contributed by atoms with van der Waals surface area (Å²) >= 11 is 1.87. The van der Waals surface area contributed by atoms with Crippen LogP contribution in [0.1, 0.15) is 47.2 Å². The monoisotopic (exact) mass is 935 g/mol. The molecular weight excluding hydrogens is 887 g/mol. The van der Waals surface area contributed by atoms with Crippen molar-refractivity contribution in [3.63, 3.8) is 0 Å². The van der Waals surface area contributed by atoms with Gasteiger partial charge >= 0.3 is 0 Å². The number of rotatable bonds is 8. The van der Waals surface area contributed by atoms with Gasteiger partial charge in [-0.05, 0) is 144 Å². The molecule has 14 rings (SSSR count).